The Bertz CT molecular complexity index is 1400. The Labute approximate surface area is 209 Å². The maximum absolute atomic E-state index is 8.36. The van der Waals surface area contributed by atoms with Crippen molar-refractivity contribution in [3.63, 3.8) is 0 Å². The molecule has 1 unspecified atom stereocenters. The molecule has 1 saturated carbocycles. The number of nitrogens with one attached hydrogen (secondary N) is 2. The van der Waals surface area contributed by atoms with Crippen LogP contribution >= 0.6 is 27.7 Å². The molecule has 6 rings (SSSR count). The lowest BCUT2D eigenvalue weighted by atomic mass is 9.84. The third kappa shape index (κ3) is 4.11. The van der Waals surface area contributed by atoms with E-state index < -0.39 is 0 Å². The van der Waals surface area contributed by atoms with Crippen molar-refractivity contribution in [2.75, 3.05) is 6.79 Å². The molecule has 174 valence electrons. The van der Waals surface area contributed by atoms with E-state index in [4.69, 9.17) is 19.9 Å². The molecular formula is C25H24BrN5O2S. The van der Waals surface area contributed by atoms with E-state index in [2.05, 4.69) is 60.8 Å². The summed E-state index contributed by atoms with van der Waals surface area (Å²) in [6, 6.07) is 14.6. The minimum Gasteiger partial charge on any atom is -0.454 e. The predicted octanol–water partition coefficient (Wildman–Crippen LogP) is 5.86. The number of aromatic nitrogens is 4. The maximum atomic E-state index is 8.36. The summed E-state index contributed by atoms with van der Waals surface area (Å²) in [4.78, 5) is 13.5. The summed E-state index contributed by atoms with van der Waals surface area (Å²) in [5.41, 5.74) is 2.98. The van der Waals surface area contributed by atoms with E-state index in [1.807, 2.05) is 12.1 Å². The Hall–Kier alpha value is -2.78. The van der Waals surface area contributed by atoms with Crippen LogP contribution in [0, 0.1) is 11.3 Å². The highest BCUT2D eigenvalue weighted by Crippen LogP contribution is 2.43. The van der Waals surface area contributed by atoms with Crippen LogP contribution in [0.2, 0.25) is 0 Å². The van der Waals surface area contributed by atoms with Crippen molar-refractivity contribution < 1.29 is 9.47 Å². The monoisotopic (exact) mass is 537 g/mol. The minimum atomic E-state index is 0.201. The number of halogens is 1. The van der Waals surface area contributed by atoms with Crippen molar-refractivity contribution in [2.24, 2.45) is 5.92 Å². The summed E-state index contributed by atoms with van der Waals surface area (Å²) in [6.45, 7) is 1.03. The zero-order valence-corrected chi connectivity index (χ0v) is 20.9. The standard InChI is InChI=1S/C25H24BrN5O2S/c26-18-10-19-20(33-14-32-19)11-21(18)34-25-29-22-23(27)28-13-31(24(22)30-25)12-17(16-8-4-5-9-16)15-6-2-1-3-7-15/h1-3,6-7,10-11,13,16-17,27H,4-5,8-9,12,14H2,(H,29,30). The van der Waals surface area contributed by atoms with E-state index in [-0.39, 0.29) is 12.3 Å². The second kappa shape index (κ2) is 9.11. The van der Waals surface area contributed by atoms with Crippen LogP contribution in [0.3, 0.4) is 0 Å². The van der Waals surface area contributed by atoms with Gasteiger partial charge in [-0.1, -0.05) is 54.9 Å². The van der Waals surface area contributed by atoms with Gasteiger partial charge in [0.25, 0.3) is 0 Å². The van der Waals surface area contributed by atoms with Crippen LogP contribution in [-0.2, 0) is 6.54 Å². The number of benzene rings is 2. The predicted molar refractivity (Wildman–Crippen MR) is 133 cm³/mol. The molecule has 0 radical (unpaired) electrons. The van der Waals surface area contributed by atoms with E-state index in [1.165, 1.54) is 43.0 Å². The van der Waals surface area contributed by atoms with Crippen LogP contribution in [0.15, 0.2) is 63.3 Å². The summed E-state index contributed by atoms with van der Waals surface area (Å²) in [5.74, 6) is 2.50. The van der Waals surface area contributed by atoms with Crippen LogP contribution in [0.25, 0.3) is 11.2 Å². The summed E-state index contributed by atoms with van der Waals surface area (Å²) in [5, 5.41) is 9.07. The first-order valence-electron chi connectivity index (χ1n) is 11.5. The number of hydrogen-bond acceptors (Lipinski definition) is 6. The van der Waals surface area contributed by atoms with E-state index in [0.29, 0.717) is 22.5 Å². The van der Waals surface area contributed by atoms with Crippen molar-refractivity contribution in [1.29, 1.82) is 5.41 Å². The molecule has 2 aliphatic rings. The van der Waals surface area contributed by atoms with Gasteiger partial charge in [0.1, 0.15) is 5.52 Å². The topological polar surface area (TPSA) is 88.8 Å². The van der Waals surface area contributed by atoms with Gasteiger partial charge in [0.2, 0.25) is 6.79 Å². The molecule has 0 bridgehead atoms. The quantitative estimate of drug-likeness (QED) is 0.321. The second-order valence-electron chi connectivity index (χ2n) is 8.79. The van der Waals surface area contributed by atoms with E-state index >= 15 is 0 Å². The lowest BCUT2D eigenvalue weighted by Crippen LogP contribution is -2.20. The molecule has 0 saturated heterocycles. The van der Waals surface area contributed by atoms with Crippen molar-refractivity contribution in [2.45, 2.75) is 48.2 Å². The largest absolute Gasteiger partial charge is 0.454 e. The highest BCUT2D eigenvalue weighted by molar-refractivity contribution is 9.10. The van der Waals surface area contributed by atoms with Crippen molar-refractivity contribution in [1.82, 2.24) is 19.5 Å². The molecule has 2 N–H and O–H groups in total. The summed E-state index contributed by atoms with van der Waals surface area (Å²) >= 11 is 5.11. The number of aromatic amines is 1. The van der Waals surface area contributed by atoms with Gasteiger partial charge >= 0.3 is 0 Å². The van der Waals surface area contributed by atoms with Gasteiger partial charge in [-0.3, -0.25) is 5.41 Å². The molecule has 1 aliphatic heterocycles. The van der Waals surface area contributed by atoms with Gasteiger partial charge in [-0.05, 0) is 52.4 Å². The first kappa shape index (κ1) is 21.7. The first-order valence-corrected chi connectivity index (χ1v) is 13.1. The van der Waals surface area contributed by atoms with Crippen LogP contribution in [0.4, 0.5) is 0 Å². The normalized spacial score (nSPS) is 16.4. The van der Waals surface area contributed by atoms with Gasteiger partial charge in [0.05, 0.1) is 6.33 Å². The van der Waals surface area contributed by atoms with E-state index in [1.54, 1.807) is 6.33 Å². The Morgan fingerprint density at radius 3 is 2.71 bits per heavy atom. The average molecular weight is 538 g/mol. The van der Waals surface area contributed by atoms with Crippen molar-refractivity contribution in [3.05, 3.63) is 64.3 Å². The Morgan fingerprint density at radius 2 is 1.91 bits per heavy atom. The lowest BCUT2D eigenvalue weighted by molar-refractivity contribution is 0.174. The zero-order chi connectivity index (χ0) is 23.1. The Balaban J connectivity index is 1.35. The van der Waals surface area contributed by atoms with Gasteiger partial charge in [0.15, 0.2) is 27.8 Å². The SMILES string of the molecule is N=c1ncn(CC(c2ccccc2)C2CCCC2)c2nc(Sc3cc4c(cc3Br)OCO4)[nH]c12. The lowest BCUT2D eigenvalue weighted by Gasteiger charge is -2.25. The molecule has 34 heavy (non-hydrogen) atoms. The number of rotatable bonds is 6. The first-order chi connectivity index (χ1) is 16.7. The molecule has 2 aromatic heterocycles. The number of imidazole rings is 1. The number of H-pyrrole nitrogens is 1. The van der Waals surface area contributed by atoms with Crippen LogP contribution < -0.4 is 15.0 Å². The smallest absolute Gasteiger partial charge is 0.231 e. The summed E-state index contributed by atoms with van der Waals surface area (Å²) in [6.07, 6.45) is 6.87. The molecule has 9 heteroatoms. The number of hydrogen-bond donors (Lipinski definition) is 2. The fraction of sp³-hybridized carbons (Fsp3) is 0.320. The molecule has 0 amide bonds. The van der Waals surface area contributed by atoms with Gasteiger partial charge in [0, 0.05) is 21.8 Å². The fourth-order valence-electron chi connectivity index (χ4n) is 5.02. The molecule has 1 aliphatic carbocycles. The zero-order valence-electron chi connectivity index (χ0n) is 18.5. The Morgan fingerprint density at radius 1 is 1.15 bits per heavy atom. The van der Waals surface area contributed by atoms with Crippen LogP contribution in [0.1, 0.15) is 37.2 Å². The molecule has 1 fully saturated rings. The molecule has 1 atom stereocenters. The minimum absolute atomic E-state index is 0.201. The molecule has 3 heterocycles. The van der Waals surface area contributed by atoms with E-state index in [0.717, 1.165) is 33.1 Å². The number of ether oxygens (including phenoxy) is 2. The second-order valence-corrected chi connectivity index (χ2v) is 10.7. The molecule has 4 aromatic rings. The van der Waals surface area contributed by atoms with Gasteiger partial charge in [-0.2, -0.15) is 0 Å². The maximum Gasteiger partial charge on any atom is 0.231 e. The van der Waals surface area contributed by atoms with Gasteiger partial charge in [-0.15, -0.1) is 0 Å². The van der Waals surface area contributed by atoms with Crippen LogP contribution in [0.5, 0.6) is 11.5 Å². The third-order valence-corrected chi connectivity index (χ3v) is 8.58. The van der Waals surface area contributed by atoms with E-state index in [9.17, 15) is 0 Å². The van der Waals surface area contributed by atoms with Crippen molar-refractivity contribution >= 4 is 38.9 Å². The third-order valence-electron chi connectivity index (χ3n) is 6.72. The molecule has 7 nitrogen and oxygen atoms in total. The molecule has 0 spiro atoms. The molecule has 2 aromatic carbocycles. The highest BCUT2D eigenvalue weighted by atomic mass is 79.9. The fourth-order valence-corrected chi connectivity index (χ4v) is 6.40. The Kier molecular flexibility index (Phi) is 5.82. The number of nitrogens with zero attached hydrogens (tertiary/aromatic N) is 3. The summed E-state index contributed by atoms with van der Waals surface area (Å²) < 4.78 is 14.0. The summed E-state index contributed by atoms with van der Waals surface area (Å²) in [7, 11) is 0. The van der Waals surface area contributed by atoms with Crippen LogP contribution in [-0.4, -0.2) is 26.3 Å². The van der Waals surface area contributed by atoms with Gasteiger partial charge in [-0.25, -0.2) is 9.97 Å². The highest BCUT2D eigenvalue weighted by Gasteiger charge is 2.27. The van der Waals surface area contributed by atoms with Crippen molar-refractivity contribution in [3.8, 4) is 11.5 Å². The average Bonchev–Trinajstić information content (AvgIpc) is 3.61. The number of fused-ring (bicyclic) bond motifs is 2. The van der Waals surface area contributed by atoms with Gasteiger partial charge < -0.3 is 19.0 Å². The molecular weight excluding hydrogens is 514 g/mol.